The standard InChI is InChI=1S/C32H22O4/c33-24-16-14-21(15-17-24)20-10-12-23(13-11-20)29-19-25(34)18-28(22-6-2-1-3-7-22)32(29)30(35)26-8-4-5-9-27(26)31(32)36/h1-18,29,33H,19H2/t29-/m0/s1. The summed E-state index contributed by atoms with van der Waals surface area (Å²) in [5.74, 6) is -1.05. The van der Waals surface area contributed by atoms with Crippen LogP contribution in [0.5, 0.6) is 5.75 Å². The van der Waals surface area contributed by atoms with Gasteiger partial charge in [0.15, 0.2) is 17.3 Å². The van der Waals surface area contributed by atoms with E-state index in [2.05, 4.69) is 0 Å². The minimum absolute atomic E-state index is 0.0698. The van der Waals surface area contributed by atoms with E-state index in [9.17, 15) is 19.5 Å². The van der Waals surface area contributed by atoms with Crippen molar-refractivity contribution >= 4 is 22.9 Å². The molecule has 0 aliphatic heterocycles. The van der Waals surface area contributed by atoms with Gasteiger partial charge in [-0.05, 0) is 46.0 Å². The van der Waals surface area contributed by atoms with Gasteiger partial charge in [0.05, 0.1) is 0 Å². The molecule has 1 N–H and O–H groups in total. The van der Waals surface area contributed by atoms with E-state index in [1.807, 2.05) is 66.7 Å². The Labute approximate surface area is 208 Å². The second-order valence-electron chi connectivity index (χ2n) is 9.33. The molecule has 0 heterocycles. The SMILES string of the molecule is O=C1C=C(c2ccccc2)C2(C(=O)c3ccccc3C2=O)[C@H](c2ccc(-c3ccc(O)cc3)cc2)C1. The summed E-state index contributed by atoms with van der Waals surface area (Å²) in [6.45, 7) is 0. The average molecular weight is 471 g/mol. The number of aromatic hydroxyl groups is 1. The number of carbonyl (C=O) groups is 3. The average Bonchev–Trinajstić information content (AvgIpc) is 3.14. The first kappa shape index (κ1) is 21.9. The van der Waals surface area contributed by atoms with Crippen molar-refractivity contribution in [2.75, 3.05) is 0 Å². The zero-order valence-electron chi connectivity index (χ0n) is 19.3. The summed E-state index contributed by atoms with van der Waals surface area (Å²) in [7, 11) is 0. The first-order chi connectivity index (χ1) is 17.5. The molecule has 0 amide bonds. The number of phenols is 1. The minimum atomic E-state index is -1.50. The number of fused-ring (bicyclic) bond motifs is 1. The van der Waals surface area contributed by atoms with E-state index in [1.54, 1.807) is 36.4 Å². The van der Waals surface area contributed by atoms with Gasteiger partial charge in [0.2, 0.25) is 0 Å². The zero-order chi connectivity index (χ0) is 24.9. The molecule has 0 bridgehead atoms. The number of ketones is 3. The topological polar surface area (TPSA) is 71.4 Å². The summed E-state index contributed by atoms with van der Waals surface area (Å²) in [6.07, 6.45) is 1.57. The van der Waals surface area contributed by atoms with E-state index in [0.717, 1.165) is 16.7 Å². The maximum Gasteiger partial charge on any atom is 0.182 e. The Balaban J connectivity index is 1.53. The van der Waals surface area contributed by atoms with E-state index in [-0.39, 0.29) is 29.5 Å². The fraction of sp³-hybridized carbons (Fsp3) is 0.0938. The first-order valence-electron chi connectivity index (χ1n) is 11.9. The summed E-state index contributed by atoms with van der Waals surface area (Å²) >= 11 is 0. The van der Waals surface area contributed by atoms with Crippen molar-refractivity contribution in [3.8, 4) is 16.9 Å². The number of allylic oxidation sites excluding steroid dienone is 2. The Hall–Kier alpha value is -4.57. The maximum absolute atomic E-state index is 14.2. The number of hydrogen-bond acceptors (Lipinski definition) is 4. The van der Waals surface area contributed by atoms with Crippen LogP contribution >= 0.6 is 0 Å². The van der Waals surface area contributed by atoms with Gasteiger partial charge < -0.3 is 5.11 Å². The second kappa shape index (κ2) is 8.28. The van der Waals surface area contributed by atoms with E-state index >= 15 is 0 Å². The lowest BCUT2D eigenvalue weighted by Crippen LogP contribution is -2.44. The quantitative estimate of drug-likeness (QED) is 0.359. The van der Waals surface area contributed by atoms with Crippen LogP contribution in [0.3, 0.4) is 0 Å². The van der Waals surface area contributed by atoms with Gasteiger partial charge in [0.25, 0.3) is 0 Å². The van der Waals surface area contributed by atoms with Crippen molar-refractivity contribution in [1.82, 2.24) is 0 Å². The molecule has 2 aliphatic carbocycles. The van der Waals surface area contributed by atoms with Gasteiger partial charge >= 0.3 is 0 Å². The maximum atomic E-state index is 14.2. The van der Waals surface area contributed by atoms with Gasteiger partial charge in [-0.25, -0.2) is 0 Å². The van der Waals surface area contributed by atoms with Crippen LogP contribution in [0.4, 0.5) is 0 Å². The Morgan fingerprint density at radius 3 is 1.72 bits per heavy atom. The molecule has 1 atom stereocenters. The molecule has 6 rings (SSSR count). The van der Waals surface area contributed by atoms with Crippen molar-refractivity contribution in [3.05, 3.63) is 131 Å². The number of rotatable bonds is 3. The second-order valence-corrected chi connectivity index (χ2v) is 9.33. The lowest BCUT2D eigenvalue weighted by Gasteiger charge is -2.40. The highest BCUT2D eigenvalue weighted by atomic mass is 16.3. The molecule has 4 aromatic rings. The molecule has 174 valence electrons. The van der Waals surface area contributed by atoms with E-state index < -0.39 is 11.3 Å². The fourth-order valence-electron chi connectivity index (χ4n) is 5.70. The van der Waals surface area contributed by atoms with Crippen molar-refractivity contribution in [1.29, 1.82) is 0 Å². The highest BCUT2D eigenvalue weighted by molar-refractivity contribution is 6.37. The molecule has 2 aliphatic rings. The highest BCUT2D eigenvalue weighted by Crippen LogP contribution is 2.58. The molecular formula is C32H22O4. The van der Waals surface area contributed by atoms with Gasteiger partial charge in [0.1, 0.15) is 11.2 Å². The molecule has 0 aromatic heterocycles. The van der Waals surface area contributed by atoms with Gasteiger partial charge in [-0.2, -0.15) is 0 Å². The Morgan fingerprint density at radius 2 is 1.14 bits per heavy atom. The molecule has 0 saturated heterocycles. The van der Waals surface area contributed by atoms with Gasteiger partial charge in [-0.15, -0.1) is 0 Å². The predicted octanol–water partition coefficient (Wildman–Crippen LogP) is 6.26. The van der Waals surface area contributed by atoms with Crippen LogP contribution < -0.4 is 0 Å². The van der Waals surface area contributed by atoms with Crippen LogP contribution in [0.15, 0.2) is 109 Å². The molecule has 4 aromatic carbocycles. The van der Waals surface area contributed by atoms with Crippen LogP contribution in [-0.4, -0.2) is 22.5 Å². The van der Waals surface area contributed by atoms with Gasteiger partial charge in [-0.1, -0.05) is 91.0 Å². The van der Waals surface area contributed by atoms with E-state index in [0.29, 0.717) is 22.3 Å². The number of phenolic OH excluding ortho intramolecular Hbond substituents is 1. The minimum Gasteiger partial charge on any atom is -0.508 e. The van der Waals surface area contributed by atoms with Crippen molar-refractivity contribution in [2.24, 2.45) is 5.41 Å². The molecule has 0 radical (unpaired) electrons. The summed E-state index contributed by atoms with van der Waals surface area (Å²) in [4.78, 5) is 41.4. The molecule has 1 spiro atoms. The van der Waals surface area contributed by atoms with Crippen molar-refractivity contribution in [2.45, 2.75) is 12.3 Å². The van der Waals surface area contributed by atoms with Gasteiger partial charge in [-0.3, -0.25) is 14.4 Å². The predicted molar refractivity (Wildman–Crippen MR) is 138 cm³/mol. The Morgan fingerprint density at radius 1 is 0.611 bits per heavy atom. The first-order valence-corrected chi connectivity index (χ1v) is 11.9. The number of benzene rings is 4. The lowest BCUT2D eigenvalue weighted by atomic mass is 9.58. The third-order valence-electron chi connectivity index (χ3n) is 7.39. The van der Waals surface area contributed by atoms with Crippen molar-refractivity contribution in [3.63, 3.8) is 0 Å². The largest absolute Gasteiger partial charge is 0.508 e. The molecular weight excluding hydrogens is 448 g/mol. The lowest BCUT2D eigenvalue weighted by molar-refractivity contribution is -0.115. The van der Waals surface area contributed by atoms with Crippen LogP contribution in [0, 0.1) is 5.41 Å². The van der Waals surface area contributed by atoms with Crippen molar-refractivity contribution < 1.29 is 19.5 Å². The van der Waals surface area contributed by atoms with Gasteiger partial charge in [0, 0.05) is 23.5 Å². The van der Waals surface area contributed by atoms with Crippen LogP contribution in [-0.2, 0) is 4.79 Å². The van der Waals surface area contributed by atoms with E-state index in [1.165, 1.54) is 6.08 Å². The number of Topliss-reactive ketones (excluding diaryl/α,β-unsaturated/α-hetero) is 2. The summed E-state index contributed by atoms with van der Waals surface area (Å²) in [5.41, 5.74) is 3.11. The Kier molecular flexibility index (Phi) is 5.04. The zero-order valence-corrected chi connectivity index (χ0v) is 19.3. The normalized spacial score (nSPS) is 18.3. The number of hydrogen-bond donors (Lipinski definition) is 1. The smallest absolute Gasteiger partial charge is 0.182 e. The Bertz CT molecular complexity index is 1510. The molecule has 4 nitrogen and oxygen atoms in total. The fourth-order valence-corrected chi connectivity index (χ4v) is 5.70. The summed E-state index contributed by atoms with van der Waals surface area (Å²) in [5, 5.41) is 9.60. The molecule has 0 saturated carbocycles. The third kappa shape index (κ3) is 3.18. The molecule has 0 fully saturated rings. The monoisotopic (exact) mass is 470 g/mol. The highest BCUT2D eigenvalue weighted by Gasteiger charge is 2.61. The van der Waals surface area contributed by atoms with Crippen LogP contribution in [0.25, 0.3) is 16.7 Å². The van der Waals surface area contributed by atoms with Crippen LogP contribution in [0.2, 0.25) is 0 Å². The summed E-state index contributed by atoms with van der Waals surface area (Å²) in [6, 6.07) is 30.8. The summed E-state index contributed by atoms with van der Waals surface area (Å²) < 4.78 is 0. The third-order valence-corrected chi connectivity index (χ3v) is 7.39. The molecule has 4 heteroatoms. The van der Waals surface area contributed by atoms with Crippen LogP contribution in [0.1, 0.15) is 44.2 Å². The molecule has 36 heavy (non-hydrogen) atoms. The number of carbonyl (C=O) groups excluding carboxylic acids is 3. The van der Waals surface area contributed by atoms with E-state index in [4.69, 9.17) is 0 Å². The molecule has 0 unspecified atom stereocenters.